The second-order valence-corrected chi connectivity index (χ2v) is 15.1. The molecule has 0 spiro atoms. The molecule has 0 fully saturated rings. The lowest BCUT2D eigenvalue weighted by atomic mass is 9.91. The molecule has 3 rings (SSSR count). The number of carbonyl (C=O) groups is 2. The van der Waals surface area contributed by atoms with Crippen LogP contribution in [0.5, 0.6) is 0 Å². The largest absolute Gasteiger partial charge is 0.507 e. The van der Waals surface area contributed by atoms with Crippen molar-refractivity contribution in [2.45, 2.75) is 93.4 Å². The average Bonchev–Trinajstić information content (AvgIpc) is 3.44. The van der Waals surface area contributed by atoms with Gasteiger partial charge in [-0.1, -0.05) is 152 Å². The summed E-state index contributed by atoms with van der Waals surface area (Å²) in [5.41, 5.74) is -1.81. The first-order valence-electron chi connectivity index (χ1n) is 15.3. The summed E-state index contributed by atoms with van der Waals surface area (Å²) in [5, 5.41) is 22.7. The summed E-state index contributed by atoms with van der Waals surface area (Å²) < 4.78 is 2.75. The zero-order valence-electron chi connectivity index (χ0n) is 25.7. The minimum atomic E-state index is -2.49. The number of H-pyrrole nitrogens is 1. The Kier molecular flexibility index (Phi) is 15.9. The molecule has 1 unspecified atom stereocenters. The van der Waals surface area contributed by atoms with Gasteiger partial charge in [-0.25, -0.2) is 4.79 Å². The van der Waals surface area contributed by atoms with E-state index in [4.69, 9.17) is 85.9 Å². The summed E-state index contributed by atoms with van der Waals surface area (Å²) in [4.78, 5) is 24.5. The number of hydrogen-bond donors (Lipinski definition) is 4. The molecular weight excluding hydrogens is 753 g/mol. The van der Waals surface area contributed by atoms with Gasteiger partial charge >= 0.3 is 6.16 Å². The normalized spacial score (nSPS) is 12.9. The molecule has 1 amide bonds. The molecule has 258 valence electrons. The van der Waals surface area contributed by atoms with Crippen molar-refractivity contribution in [2.24, 2.45) is 0 Å². The number of nitrogens with one attached hydrogen (secondary N) is 3. The Morgan fingerprint density at radius 3 is 1.96 bits per heavy atom. The lowest BCUT2D eigenvalue weighted by Crippen LogP contribution is -2.46. The van der Waals surface area contributed by atoms with Gasteiger partial charge in [-0.15, -0.1) is 0 Å². The summed E-state index contributed by atoms with van der Waals surface area (Å²) in [6.07, 6.45) is 11.8. The van der Waals surface area contributed by atoms with Gasteiger partial charge in [0.05, 0.1) is 26.4 Å². The predicted octanol–water partition coefficient (Wildman–Crippen LogP) is 12.7. The second kappa shape index (κ2) is 18.8. The first-order valence-corrected chi connectivity index (χ1v) is 18.0. The van der Waals surface area contributed by atoms with Gasteiger partial charge < -0.3 is 20.5 Å². The van der Waals surface area contributed by atoms with Gasteiger partial charge in [0, 0.05) is 28.8 Å². The molecule has 0 saturated heterocycles. The molecule has 0 aliphatic carbocycles. The van der Waals surface area contributed by atoms with Gasteiger partial charge in [0.1, 0.15) is 0 Å². The van der Waals surface area contributed by atoms with Gasteiger partial charge in [-0.2, -0.15) is 5.10 Å². The zero-order valence-corrected chi connectivity index (χ0v) is 31.0. The van der Waals surface area contributed by atoms with Crippen LogP contribution < -0.4 is 10.6 Å². The van der Waals surface area contributed by atoms with Crippen LogP contribution in [0.4, 0.5) is 22.0 Å². The maximum Gasteiger partial charge on any atom is 0.507 e. The van der Waals surface area contributed by atoms with E-state index in [-0.39, 0.29) is 38.1 Å². The van der Waals surface area contributed by atoms with Gasteiger partial charge in [-0.3, -0.25) is 9.89 Å². The third-order valence-corrected chi connectivity index (χ3v) is 9.42. The molecule has 15 heteroatoms. The van der Waals surface area contributed by atoms with E-state index in [1.807, 2.05) is 0 Å². The Morgan fingerprint density at radius 1 is 0.830 bits per heavy atom. The quantitative estimate of drug-likeness (QED) is 0.0579. The number of rotatable bonds is 18. The Hall–Kier alpha value is -1.78. The summed E-state index contributed by atoms with van der Waals surface area (Å²) in [6.45, 7) is 2.23. The Bertz CT molecular complexity index is 1480. The van der Waals surface area contributed by atoms with Crippen LogP contribution in [0.3, 0.4) is 0 Å². The van der Waals surface area contributed by atoms with Crippen LogP contribution in [0, 0.1) is 0 Å². The fourth-order valence-electron chi connectivity index (χ4n) is 5.18. The Balaban J connectivity index is 1.68. The predicted molar refractivity (Wildman–Crippen MR) is 195 cm³/mol. The molecule has 1 heterocycles. The van der Waals surface area contributed by atoms with Crippen molar-refractivity contribution >= 4 is 110 Å². The number of hydrogen-bond acceptors (Lipinski definition) is 5. The number of carboxylic acid groups (broad SMARTS) is 1. The number of ether oxygens (including phenoxy) is 1. The Labute approximate surface area is 310 Å². The molecule has 1 aromatic heterocycles. The number of benzene rings is 2. The Morgan fingerprint density at radius 2 is 1.40 bits per heavy atom. The molecule has 47 heavy (non-hydrogen) atoms. The number of alkyl halides is 3. The van der Waals surface area contributed by atoms with Gasteiger partial charge in [-0.05, 0) is 36.8 Å². The highest BCUT2D eigenvalue weighted by Gasteiger charge is 2.58. The highest BCUT2D eigenvalue weighted by molar-refractivity contribution is 6.68. The molecule has 2 aromatic carbocycles. The number of amides is 1. The third-order valence-electron chi connectivity index (χ3n) is 7.48. The molecule has 8 nitrogen and oxygen atoms in total. The molecular formula is C32H37Cl7N4O4. The van der Waals surface area contributed by atoms with Crippen molar-refractivity contribution < 1.29 is 19.4 Å². The minimum Gasteiger partial charge on any atom is -0.450 e. The number of halogens is 7. The lowest BCUT2D eigenvalue weighted by molar-refractivity contribution is -0.116. The fraction of sp³-hybridized carbons (Fsp3) is 0.469. The molecule has 3 aromatic rings. The topological polar surface area (TPSA) is 116 Å². The van der Waals surface area contributed by atoms with E-state index >= 15 is 0 Å². The minimum absolute atomic E-state index is 0.105. The maximum atomic E-state index is 12.6. The molecule has 0 saturated carbocycles. The van der Waals surface area contributed by atoms with E-state index in [2.05, 4.69) is 27.8 Å². The number of unbranched alkanes of at least 4 members (excludes halogenated alkanes) is 10. The SMILES string of the molecule is CCCCCCCCCCCCCC(=O)Nc1ccc(Cl)c(Nc2cc(C(OC(=O)O)(c3c(Cl)cc(Cl)cc3Cl)C(Cl)(Cl)Cl)[nH]n2)c1. The van der Waals surface area contributed by atoms with Crippen molar-refractivity contribution in [3.05, 3.63) is 67.7 Å². The van der Waals surface area contributed by atoms with Crippen LogP contribution in [-0.4, -0.2) is 31.2 Å². The first-order chi connectivity index (χ1) is 22.3. The van der Waals surface area contributed by atoms with Crippen molar-refractivity contribution in [1.29, 1.82) is 0 Å². The fourth-order valence-corrected chi connectivity index (χ4v) is 7.13. The molecule has 0 radical (unpaired) electrons. The monoisotopic (exact) mass is 786 g/mol. The van der Waals surface area contributed by atoms with Crippen molar-refractivity contribution in [1.82, 2.24) is 10.2 Å². The first kappa shape index (κ1) is 39.7. The van der Waals surface area contributed by atoms with E-state index in [1.165, 1.54) is 69.6 Å². The van der Waals surface area contributed by atoms with Crippen LogP contribution in [0.2, 0.25) is 20.1 Å². The summed E-state index contributed by atoms with van der Waals surface area (Å²) in [7, 11) is 0. The van der Waals surface area contributed by atoms with Crippen molar-refractivity contribution in [3.8, 4) is 0 Å². The van der Waals surface area contributed by atoms with Crippen molar-refractivity contribution in [2.75, 3.05) is 10.6 Å². The second-order valence-electron chi connectivity index (χ2n) is 11.1. The van der Waals surface area contributed by atoms with E-state index in [1.54, 1.807) is 18.2 Å². The summed E-state index contributed by atoms with van der Waals surface area (Å²) in [5.74, 6) is 0.0337. The van der Waals surface area contributed by atoms with E-state index in [0.717, 1.165) is 19.3 Å². The number of aromatic amines is 1. The summed E-state index contributed by atoms with van der Waals surface area (Å²) in [6, 6.07) is 8.88. The van der Waals surface area contributed by atoms with Crippen LogP contribution in [0.1, 0.15) is 95.2 Å². The van der Waals surface area contributed by atoms with Crippen LogP contribution >= 0.6 is 81.2 Å². The number of anilines is 3. The number of nitrogens with zero attached hydrogens (tertiary/aromatic N) is 1. The number of aromatic nitrogens is 2. The average molecular weight is 790 g/mol. The third kappa shape index (κ3) is 11.4. The standard InChI is InChI=1S/C32H37Cl7N4O4/c1-2-3-4-5-6-7-8-9-10-11-12-13-28(44)40-21-14-15-22(34)25(18-21)41-27-19-26(42-43-27)31(32(37,38)39,47-30(45)46)29-23(35)16-20(33)17-24(29)36/h14-19H,2-13H2,1H3,(H,40,44)(H,45,46)(H2,41,42,43). The van der Waals surface area contributed by atoms with Gasteiger partial charge in [0.2, 0.25) is 15.3 Å². The molecule has 0 aliphatic heterocycles. The lowest BCUT2D eigenvalue weighted by Gasteiger charge is -2.38. The van der Waals surface area contributed by atoms with E-state index in [0.29, 0.717) is 22.8 Å². The van der Waals surface area contributed by atoms with Gasteiger partial charge in [0.15, 0.2) is 5.82 Å². The van der Waals surface area contributed by atoms with E-state index < -0.39 is 15.5 Å². The highest BCUT2D eigenvalue weighted by atomic mass is 35.6. The van der Waals surface area contributed by atoms with Gasteiger partial charge in [0.25, 0.3) is 0 Å². The maximum absolute atomic E-state index is 12.6. The van der Waals surface area contributed by atoms with Crippen LogP contribution in [-0.2, 0) is 15.1 Å². The molecule has 4 N–H and O–H groups in total. The van der Waals surface area contributed by atoms with Crippen LogP contribution in [0.25, 0.3) is 0 Å². The molecule has 0 aliphatic rings. The zero-order chi connectivity index (χ0) is 34.6. The smallest absolute Gasteiger partial charge is 0.450 e. The van der Waals surface area contributed by atoms with E-state index in [9.17, 15) is 14.7 Å². The molecule has 0 bridgehead atoms. The van der Waals surface area contributed by atoms with Crippen molar-refractivity contribution in [3.63, 3.8) is 0 Å². The summed E-state index contributed by atoms with van der Waals surface area (Å²) >= 11 is 44.5. The highest BCUT2D eigenvalue weighted by Crippen LogP contribution is 2.55. The van der Waals surface area contributed by atoms with Crippen LogP contribution in [0.15, 0.2) is 36.4 Å². The molecule has 1 atom stereocenters. The number of carbonyl (C=O) groups excluding carboxylic acids is 1.